The fourth-order valence-electron chi connectivity index (χ4n) is 2.99. The molecule has 0 amide bonds. The smallest absolute Gasteiger partial charge is 0.220 e. The van der Waals surface area contributed by atoms with Crippen molar-refractivity contribution in [3.63, 3.8) is 0 Å². The minimum Gasteiger partial charge on any atom is -0.220 e. The van der Waals surface area contributed by atoms with Gasteiger partial charge in [-0.25, -0.2) is 14.0 Å². The van der Waals surface area contributed by atoms with Gasteiger partial charge in [0.05, 0.1) is 0 Å². The highest BCUT2D eigenvalue weighted by Crippen LogP contribution is 2.19. The lowest BCUT2D eigenvalue weighted by atomic mass is 9.96. The molecule has 6 nitrogen and oxygen atoms in total. The van der Waals surface area contributed by atoms with Gasteiger partial charge >= 0.3 is 0 Å². The van der Waals surface area contributed by atoms with E-state index in [1.165, 1.54) is 0 Å². The van der Waals surface area contributed by atoms with Crippen molar-refractivity contribution in [2.24, 2.45) is 0 Å². The van der Waals surface area contributed by atoms with Gasteiger partial charge in [-0.15, -0.1) is 23.0 Å². The van der Waals surface area contributed by atoms with E-state index in [0.717, 1.165) is 22.8 Å². The maximum absolute atomic E-state index is 5.40. The van der Waals surface area contributed by atoms with Crippen molar-refractivity contribution in [3.05, 3.63) is 133 Å². The van der Waals surface area contributed by atoms with E-state index >= 15 is 0 Å². The highest BCUT2D eigenvalue weighted by molar-refractivity contribution is 5.43. The second kappa shape index (κ2) is 13.8. The van der Waals surface area contributed by atoms with Crippen LogP contribution in [0.15, 0.2) is 115 Å². The van der Waals surface area contributed by atoms with E-state index in [9.17, 15) is 0 Å². The van der Waals surface area contributed by atoms with E-state index in [-0.39, 0.29) is 5.41 Å². The number of hydrogen-bond acceptors (Lipinski definition) is 4. The number of terminal acetylenes is 2. The summed E-state index contributed by atoms with van der Waals surface area (Å²) in [6.07, 6.45) is 12.3. The van der Waals surface area contributed by atoms with Gasteiger partial charge in [0.15, 0.2) is 17.1 Å². The van der Waals surface area contributed by atoms with Crippen LogP contribution in [0, 0.1) is 24.7 Å². The summed E-state index contributed by atoms with van der Waals surface area (Å²) in [7, 11) is 0. The summed E-state index contributed by atoms with van der Waals surface area (Å²) in [4.78, 5) is 8.50. The maximum atomic E-state index is 5.40. The van der Waals surface area contributed by atoms with Crippen molar-refractivity contribution in [1.29, 1.82) is 0 Å². The Kier molecular flexibility index (Phi) is 9.93. The molecule has 0 spiro atoms. The maximum Gasteiger partial charge on any atom is 0.226 e. The van der Waals surface area contributed by atoms with E-state index in [0.29, 0.717) is 5.82 Å². The molecule has 0 atom stereocenters. The zero-order chi connectivity index (χ0) is 27.2. The molecule has 0 fully saturated rings. The van der Waals surface area contributed by atoms with E-state index in [1.807, 2.05) is 115 Å². The molecule has 0 N–H and O–H groups in total. The third-order valence-electron chi connectivity index (χ3n) is 4.88. The van der Waals surface area contributed by atoms with Crippen molar-refractivity contribution >= 4 is 11.3 Å². The van der Waals surface area contributed by atoms with Crippen LogP contribution in [0.4, 0.5) is 0 Å². The molecule has 0 bridgehead atoms. The first-order valence-corrected chi connectivity index (χ1v) is 12.0. The first kappa shape index (κ1) is 27.4. The SMILES string of the molecule is C#Cc1cccc2nc(C(C)(C)C)nn12.C#Cc1nc2ccccn2n1.c1ccccc1.c1ccccc1. The van der Waals surface area contributed by atoms with Gasteiger partial charge in [-0.05, 0) is 30.2 Å². The number of fused-ring (bicyclic) bond motifs is 2. The highest BCUT2D eigenvalue weighted by Gasteiger charge is 2.19. The van der Waals surface area contributed by atoms with Crippen molar-refractivity contribution in [1.82, 2.24) is 29.2 Å². The van der Waals surface area contributed by atoms with Crippen LogP contribution in [0.3, 0.4) is 0 Å². The summed E-state index contributed by atoms with van der Waals surface area (Å²) >= 11 is 0. The monoisotopic (exact) mass is 498 g/mol. The van der Waals surface area contributed by atoms with Gasteiger partial charge in [-0.2, -0.15) is 4.98 Å². The Morgan fingerprint density at radius 1 is 0.605 bits per heavy atom. The Morgan fingerprint density at radius 3 is 1.63 bits per heavy atom. The Bertz CT molecular complexity index is 1490. The molecule has 0 saturated carbocycles. The lowest BCUT2D eigenvalue weighted by Crippen LogP contribution is -2.13. The van der Waals surface area contributed by atoms with Gasteiger partial charge in [0.25, 0.3) is 0 Å². The van der Waals surface area contributed by atoms with Gasteiger partial charge in [0.1, 0.15) is 5.69 Å². The fraction of sp³-hybridized carbons (Fsp3) is 0.125. The zero-order valence-corrected chi connectivity index (χ0v) is 21.8. The number of pyridine rings is 2. The number of benzene rings is 2. The van der Waals surface area contributed by atoms with Gasteiger partial charge in [0.2, 0.25) is 5.82 Å². The lowest BCUT2D eigenvalue weighted by molar-refractivity contribution is 0.545. The normalized spacial score (nSPS) is 9.92. The fourth-order valence-corrected chi connectivity index (χ4v) is 2.99. The Hall–Kier alpha value is -5.20. The molecule has 4 heterocycles. The molecule has 0 unspecified atom stereocenters. The molecule has 0 aliphatic rings. The Balaban J connectivity index is 0.000000152. The zero-order valence-electron chi connectivity index (χ0n) is 21.8. The predicted molar refractivity (Wildman–Crippen MR) is 153 cm³/mol. The van der Waals surface area contributed by atoms with E-state index in [1.54, 1.807) is 9.03 Å². The van der Waals surface area contributed by atoms with Gasteiger partial charge in [-0.3, -0.25) is 0 Å². The van der Waals surface area contributed by atoms with Crippen LogP contribution in [-0.4, -0.2) is 29.2 Å². The van der Waals surface area contributed by atoms with Crippen molar-refractivity contribution < 1.29 is 0 Å². The van der Waals surface area contributed by atoms with Gasteiger partial charge in [0, 0.05) is 11.6 Å². The van der Waals surface area contributed by atoms with Gasteiger partial charge in [-0.1, -0.05) is 112 Å². The first-order valence-electron chi connectivity index (χ1n) is 12.0. The predicted octanol–water partition coefficient (Wildman–Crippen LogP) is 6.09. The average Bonchev–Trinajstić information content (AvgIpc) is 3.60. The second-order valence-electron chi connectivity index (χ2n) is 8.90. The molecule has 2 aromatic carbocycles. The molecule has 6 heteroatoms. The molecule has 0 aliphatic carbocycles. The van der Waals surface area contributed by atoms with E-state index in [4.69, 9.17) is 12.8 Å². The van der Waals surface area contributed by atoms with Crippen LogP contribution >= 0.6 is 0 Å². The molecular formula is C32H30N6. The molecule has 188 valence electrons. The summed E-state index contributed by atoms with van der Waals surface area (Å²) in [5, 5.41) is 8.42. The van der Waals surface area contributed by atoms with Crippen molar-refractivity contribution in [3.8, 4) is 24.7 Å². The molecule has 38 heavy (non-hydrogen) atoms. The second-order valence-corrected chi connectivity index (χ2v) is 8.90. The van der Waals surface area contributed by atoms with E-state index < -0.39 is 0 Å². The molecule has 6 rings (SSSR count). The van der Waals surface area contributed by atoms with Gasteiger partial charge < -0.3 is 0 Å². The number of nitrogens with zero attached hydrogens (tertiary/aromatic N) is 6. The Morgan fingerprint density at radius 2 is 1.16 bits per heavy atom. The first-order chi connectivity index (χ1) is 18.4. The van der Waals surface area contributed by atoms with Crippen LogP contribution < -0.4 is 0 Å². The third kappa shape index (κ3) is 8.19. The standard InChI is InChI=1S/C12H13N3.C8H5N3.2C6H6/c1-5-9-7-6-8-10-13-11(12(2,3)4)14-15(9)10;1-2-7-9-8-5-3-4-6-11(8)10-7;2*1-2-4-6-5-3-1/h1,6-8H,2-4H3;1,3-6H;2*1-6H. The number of hydrogen-bond donors (Lipinski definition) is 0. The Labute approximate surface area is 224 Å². The molecule has 4 aromatic heterocycles. The quantitative estimate of drug-likeness (QED) is 0.238. The molecule has 6 aromatic rings. The average molecular weight is 499 g/mol. The highest BCUT2D eigenvalue weighted by atomic mass is 15.3. The molecule has 0 radical (unpaired) electrons. The summed E-state index contributed by atoms with van der Waals surface area (Å²) < 4.78 is 3.36. The topological polar surface area (TPSA) is 60.4 Å². The number of aromatic nitrogens is 6. The van der Waals surface area contributed by atoms with Crippen LogP contribution in [0.25, 0.3) is 11.3 Å². The third-order valence-corrected chi connectivity index (χ3v) is 4.88. The molecular weight excluding hydrogens is 468 g/mol. The molecule has 0 aliphatic heterocycles. The van der Waals surface area contributed by atoms with Crippen molar-refractivity contribution in [2.45, 2.75) is 26.2 Å². The van der Waals surface area contributed by atoms with Crippen LogP contribution in [-0.2, 0) is 5.41 Å². The van der Waals surface area contributed by atoms with Crippen LogP contribution in [0.5, 0.6) is 0 Å². The van der Waals surface area contributed by atoms with E-state index in [2.05, 4.69) is 52.8 Å². The number of rotatable bonds is 0. The largest absolute Gasteiger partial charge is 0.226 e. The molecule has 0 saturated heterocycles. The summed E-state index contributed by atoms with van der Waals surface area (Å²) in [5.41, 5.74) is 2.25. The summed E-state index contributed by atoms with van der Waals surface area (Å²) in [6, 6.07) is 35.3. The lowest BCUT2D eigenvalue weighted by Gasteiger charge is -2.11. The van der Waals surface area contributed by atoms with Crippen LogP contribution in [0.2, 0.25) is 0 Å². The minimum atomic E-state index is -0.0577. The minimum absolute atomic E-state index is 0.0577. The summed E-state index contributed by atoms with van der Waals surface area (Å²) in [5.74, 6) is 6.21. The summed E-state index contributed by atoms with van der Waals surface area (Å²) in [6.45, 7) is 6.24. The van der Waals surface area contributed by atoms with Crippen LogP contribution in [0.1, 0.15) is 38.1 Å². The van der Waals surface area contributed by atoms with Crippen molar-refractivity contribution in [2.75, 3.05) is 0 Å².